The summed E-state index contributed by atoms with van der Waals surface area (Å²) in [5, 5.41) is 11.5. The normalized spacial score (nSPS) is 14.8. The second-order valence-corrected chi connectivity index (χ2v) is 9.18. The van der Waals surface area contributed by atoms with Gasteiger partial charge in [-0.15, -0.1) is 0 Å². The number of benzene rings is 1. The van der Waals surface area contributed by atoms with Gasteiger partial charge >= 0.3 is 6.18 Å². The number of hydrogen-bond donors (Lipinski definition) is 2. The molecule has 1 aliphatic heterocycles. The molecule has 1 aromatic heterocycles. The predicted octanol–water partition coefficient (Wildman–Crippen LogP) is 4.10. The van der Waals surface area contributed by atoms with Crippen LogP contribution in [0, 0.1) is 24.1 Å². The summed E-state index contributed by atoms with van der Waals surface area (Å²) >= 11 is 0. The summed E-state index contributed by atoms with van der Waals surface area (Å²) in [6, 6.07) is 2.67. The van der Waals surface area contributed by atoms with Crippen molar-refractivity contribution in [1.29, 1.82) is 5.26 Å². The maximum Gasteiger partial charge on any atom is 0.404 e. The van der Waals surface area contributed by atoms with E-state index in [1.807, 2.05) is 0 Å². The Bertz CT molecular complexity index is 1270. The summed E-state index contributed by atoms with van der Waals surface area (Å²) in [4.78, 5) is 12.7. The number of fused-ring (bicyclic) bond motifs is 1. The van der Waals surface area contributed by atoms with Gasteiger partial charge in [0.25, 0.3) is 5.91 Å². The van der Waals surface area contributed by atoms with Crippen molar-refractivity contribution in [2.45, 2.75) is 50.3 Å². The molecule has 12 heteroatoms. The fraction of sp³-hybridized carbons (Fsp3) is 0.333. The number of hydrogen-bond acceptors (Lipinski definition) is 4. The number of aromatic nitrogens is 1. The first kappa shape index (κ1) is 24.5. The van der Waals surface area contributed by atoms with Crippen LogP contribution in [0.3, 0.4) is 0 Å². The minimum Gasteiger partial charge on any atom is -0.336 e. The largest absolute Gasteiger partial charge is 0.404 e. The number of carbonyl (C=O) groups excluding carboxylic acids is 1. The van der Waals surface area contributed by atoms with Crippen molar-refractivity contribution in [2.75, 3.05) is 5.32 Å². The second-order valence-electron chi connectivity index (χ2n) is 7.53. The third-order valence-electron chi connectivity index (χ3n) is 5.17. The molecule has 2 aromatic rings. The monoisotopic (exact) mass is 484 g/mol. The highest BCUT2D eigenvalue weighted by molar-refractivity contribution is 7.89. The standard InChI is InChI=1S/C21H20F4N4O3S/c1-12-18(20(30)27-15-7-8-16(22)14(10-15)11-26)29-9-5-3-4-6-17(29)19(12)33(31,32)28-13(2)21(23,24)25/h4,6-8,10,13,28H,3,5,9H2,1-2H3,(H,27,30). The first-order valence-electron chi connectivity index (χ1n) is 9.86. The number of alkyl halides is 3. The molecule has 33 heavy (non-hydrogen) atoms. The van der Waals surface area contributed by atoms with Gasteiger partial charge in [0.1, 0.15) is 28.5 Å². The SMILES string of the molecule is Cc1c(S(=O)(=O)NC(C)C(F)(F)F)c2n(c1C(=O)Nc1ccc(F)c(C#N)c1)CCCC=C2. The number of nitriles is 1. The molecule has 2 N–H and O–H groups in total. The fourth-order valence-electron chi connectivity index (χ4n) is 3.57. The molecular formula is C21H20F4N4O3S. The molecule has 1 aromatic carbocycles. The molecule has 3 rings (SSSR count). The van der Waals surface area contributed by atoms with Gasteiger partial charge in [-0.1, -0.05) is 6.08 Å². The van der Waals surface area contributed by atoms with E-state index in [2.05, 4.69) is 5.32 Å². The molecule has 0 bridgehead atoms. The van der Waals surface area contributed by atoms with Gasteiger partial charge in [-0.2, -0.15) is 23.2 Å². The Balaban J connectivity index is 2.09. The molecule has 1 aliphatic rings. The zero-order chi connectivity index (χ0) is 24.6. The second kappa shape index (κ2) is 8.99. The van der Waals surface area contributed by atoms with Crippen LogP contribution in [0.1, 0.15) is 47.1 Å². The van der Waals surface area contributed by atoms with Gasteiger partial charge < -0.3 is 9.88 Å². The Morgan fingerprint density at radius 2 is 2.00 bits per heavy atom. The molecular weight excluding hydrogens is 464 g/mol. The number of allylic oxidation sites excluding steroid dienone is 1. The number of anilines is 1. The van der Waals surface area contributed by atoms with Crippen molar-refractivity contribution >= 4 is 27.7 Å². The molecule has 0 spiro atoms. The van der Waals surface area contributed by atoms with Crippen molar-refractivity contribution in [2.24, 2.45) is 0 Å². The van der Waals surface area contributed by atoms with Gasteiger partial charge in [0.05, 0.1) is 11.3 Å². The summed E-state index contributed by atoms with van der Waals surface area (Å²) in [6.07, 6.45) is -0.495. The first-order chi connectivity index (χ1) is 15.4. The van der Waals surface area contributed by atoms with Crippen LogP contribution in [-0.2, 0) is 16.6 Å². The molecule has 0 saturated carbocycles. The maximum absolute atomic E-state index is 13.6. The number of carbonyl (C=O) groups is 1. The number of halogens is 4. The van der Waals surface area contributed by atoms with E-state index in [0.717, 1.165) is 12.1 Å². The maximum atomic E-state index is 13.6. The van der Waals surface area contributed by atoms with Crippen molar-refractivity contribution in [1.82, 2.24) is 9.29 Å². The van der Waals surface area contributed by atoms with E-state index in [-0.39, 0.29) is 34.7 Å². The minimum absolute atomic E-state index is 0.0291. The van der Waals surface area contributed by atoms with Gasteiger partial charge in [0.2, 0.25) is 10.0 Å². The predicted molar refractivity (Wildman–Crippen MR) is 112 cm³/mol. The summed E-state index contributed by atoms with van der Waals surface area (Å²) < 4.78 is 81.6. The zero-order valence-electron chi connectivity index (χ0n) is 17.6. The van der Waals surface area contributed by atoms with E-state index in [9.17, 15) is 30.8 Å². The van der Waals surface area contributed by atoms with E-state index in [4.69, 9.17) is 5.26 Å². The van der Waals surface area contributed by atoms with Crippen molar-refractivity contribution in [3.05, 3.63) is 52.6 Å². The lowest BCUT2D eigenvalue weighted by Crippen LogP contribution is -2.43. The van der Waals surface area contributed by atoms with E-state index in [1.165, 1.54) is 23.6 Å². The number of nitrogens with one attached hydrogen (secondary N) is 2. The fourth-order valence-corrected chi connectivity index (χ4v) is 5.25. The molecule has 0 radical (unpaired) electrons. The molecule has 176 valence electrons. The Hall–Kier alpha value is -3.17. The van der Waals surface area contributed by atoms with E-state index >= 15 is 0 Å². The molecule has 2 heterocycles. The summed E-state index contributed by atoms with van der Waals surface area (Å²) in [5.74, 6) is -1.52. The highest BCUT2D eigenvalue weighted by Crippen LogP contribution is 2.32. The summed E-state index contributed by atoms with van der Waals surface area (Å²) in [7, 11) is -4.65. The number of sulfonamides is 1. The molecule has 0 aliphatic carbocycles. The van der Waals surface area contributed by atoms with Crippen LogP contribution < -0.4 is 10.0 Å². The third-order valence-corrected chi connectivity index (χ3v) is 6.89. The molecule has 1 amide bonds. The van der Waals surface area contributed by atoms with Crippen LogP contribution in [-0.4, -0.2) is 31.1 Å². The topological polar surface area (TPSA) is 104 Å². The Morgan fingerprint density at radius 1 is 1.30 bits per heavy atom. The van der Waals surface area contributed by atoms with Crippen LogP contribution in [0.15, 0.2) is 29.2 Å². The van der Waals surface area contributed by atoms with Gasteiger partial charge in [-0.05, 0) is 51.0 Å². The van der Waals surface area contributed by atoms with Crippen LogP contribution >= 0.6 is 0 Å². The van der Waals surface area contributed by atoms with Crippen molar-refractivity contribution in [3.63, 3.8) is 0 Å². The summed E-state index contributed by atoms with van der Waals surface area (Å²) in [6.45, 7) is 2.28. The van der Waals surface area contributed by atoms with E-state index in [1.54, 1.807) is 16.9 Å². The molecule has 7 nitrogen and oxygen atoms in total. The Labute approximate surface area is 187 Å². The van der Waals surface area contributed by atoms with E-state index < -0.39 is 38.9 Å². The summed E-state index contributed by atoms with van der Waals surface area (Å²) in [5.41, 5.74) is -0.188. The number of rotatable bonds is 5. The lowest BCUT2D eigenvalue weighted by Gasteiger charge is -2.17. The van der Waals surface area contributed by atoms with E-state index in [0.29, 0.717) is 19.8 Å². The number of amides is 1. The van der Waals surface area contributed by atoms with Crippen LogP contribution in [0.25, 0.3) is 6.08 Å². The van der Waals surface area contributed by atoms with Crippen LogP contribution in [0.5, 0.6) is 0 Å². The van der Waals surface area contributed by atoms with Crippen molar-refractivity contribution < 1.29 is 30.8 Å². The van der Waals surface area contributed by atoms with Gasteiger partial charge in [-0.25, -0.2) is 12.8 Å². The molecule has 1 unspecified atom stereocenters. The minimum atomic E-state index is -4.80. The van der Waals surface area contributed by atoms with Crippen molar-refractivity contribution in [3.8, 4) is 6.07 Å². The van der Waals surface area contributed by atoms with Crippen LogP contribution in [0.4, 0.5) is 23.2 Å². The Kier molecular flexibility index (Phi) is 6.67. The molecule has 0 saturated heterocycles. The lowest BCUT2D eigenvalue weighted by molar-refractivity contribution is -0.147. The third kappa shape index (κ3) is 4.94. The molecule has 0 fully saturated rings. The van der Waals surface area contributed by atoms with Crippen LogP contribution in [0.2, 0.25) is 0 Å². The van der Waals surface area contributed by atoms with Gasteiger partial charge in [0, 0.05) is 17.8 Å². The molecule has 1 atom stereocenters. The highest BCUT2D eigenvalue weighted by atomic mass is 32.2. The zero-order valence-corrected chi connectivity index (χ0v) is 18.4. The highest BCUT2D eigenvalue weighted by Gasteiger charge is 2.41. The average molecular weight is 484 g/mol. The first-order valence-corrected chi connectivity index (χ1v) is 11.3. The average Bonchev–Trinajstić information content (AvgIpc) is 2.84. The van der Waals surface area contributed by atoms with Gasteiger partial charge in [-0.3, -0.25) is 4.79 Å². The van der Waals surface area contributed by atoms with Gasteiger partial charge in [0.15, 0.2) is 0 Å². The number of nitrogens with zero attached hydrogens (tertiary/aromatic N) is 2. The lowest BCUT2D eigenvalue weighted by atomic mass is 10.2. The Morgan fingerprint density at radius 3 is 2.64 bits per heavy atom. The smallest absolute Gasteiger partial charge is 0.336 e. The quantitative estimate of drug-likeness (QED) is 0.624.